The van der Waals surface area contributed by atoms with Crippen molar-refractivity contribution in [3.05, 3.63) is 12.4 Å². The predicted octanol–water partition coefficient (Wildman–Crippen LogP) is 1.94. The number of hydrogen-bond acceptors (Lipinski definition) is 3. The van der Waals surface area contributed by atoms with Crippen LogP contribution in [-0.2, 0) is 9.53 Å². The molecule has 0 aliphatic carbocycles. The minimum atomic E-state index is -0.929. The molecule has 2 saturated heterocycles. The van der Waals surface area contributed by atoms with Crippen molar-refractivity contribution in [1.82, 2.24) is 9.80 Å². The molecule has 0 atom stereocenters. The van der Waals surface area contributed by atoms with Gasteiger partial charge in [0.05, 0.1) is 0 Å². The Morgan fingerprint density at radius 2 is 1.75 bits per heavy atom. The highest BCUT2D eigenvalue weighted by atomic mass is 19.1. The first-order chi connectivity index (χ1) is 9.12. The van der Waals surface area contributed by atoms with E-state index in [1.165, 1.54) is 4.90 Å². The molecule has 112 valence electrons. The van der Waals surface area contributed by atoms with Crippen molar-refractivity contribution in [2.45, 2.75) is 32.8 Å². The minimum Gasteiger partial charge on any atom is -0.444 e. The number of carbonyl (C=O) groups excluding carboxylic acids is 2. The molecule has 0 aromatic carbocycles. The molecule has 0 aromatic heterocycles. The maximum absolute atomic E-state index is 12.8. The van der Waals surface area contributed by atoms with Gasteiger partial charge in [-0.15, -0.1) is 0 Å². The van der Waals surface area contributed by atoms with Gasteiger partial charge in [0.1, 0.15) is 5.60 Å². The first-order valence-electron chi connectivity index (χ1n) is 6.74. The number of likely N-dealkylation sites (tertiary alicyclic amines) is 2. The van der Waals surface area contributed by atoms with Crippen molar-refractivity contribution >= 4 is 12.0 Å². The molecule has 0 aromatic rings. The molecule has 0 N–H and O–H groups in total. The topological polar surface area (TPSA) is 49.9 Å². The second-order valence-electron chi connectivity index (χ2n) is 6.72. The summed E-state index contributed by atoms with van der Waals surface area (Å²) >= 11 is 0. The summed E-state index contributed by atoms with van der Waals surface area (Å²) in [4.78, 5) is 26.5. The average molecular weight is 284 g/mol. The molecule has 0 unspecified atom stereocenters. The quantitative estimate of drug-likeness (QED) is 0.691. The normalized spacial score (nSPS) is 20.8. The van der Waals surface area contributed by atoms with E-state index in [2.05, 4.69) is 6.58 Å². The molecule has 0 saturated carbocycles. The highest BCUT2D eigenvalue weighted by molar-refractivity contribution is 5.91. The standard InChI is InChI=1S/C14H21FN2O3/c1-10(15)11(18)17-8-14(9-17)5-6-16(7-14)12(19)20-13(2,3)4/h1,5-9H2,2-4H3. The maximum Gasteiger partial charge on any atom is 0.410 e. The molecule has 5 nitrogen and oxygen atoms in total. The Morgan fingerprint density at radius 3 is 2.25 bits per heavy atom. The second-order valence-corrected chi connectivity index (χ2v) is 6.72. The Bertz CT molecular complexity index is 450. The van der Waals surface area contributed by atoms with Gasteiger partial charge in [0.15, 0.2) is 5.83 Å². The van der Waals surface area contributed by atoms with E-state index in [4.69, 9.17) is 4.74 Å². The fraction of sp³-hybridized carbons (Fsp3) is 0.714. The summed E-state index contributed by atoms with van der Waals surface area (Å²) in [7, 11) is 0. The lowest BCUT2D eigenvalue weighted by molar-refractivity contribution is -0.139. The summed E-state index contributed by atoms with van der Waals surface area (Å²) in [5, 5.41) is 0. The lowest BCUT2D eigenvalue weighted by atomic mass is 9.79. The lowest BCUT2D eigenvalue weighted by Gasteiger charge is -2.47. The van der Waals surface area contributed by atoms with Crippen LogP contribution in [0.3, 0.4) is 0 Å². The SMILES string of the molecule is C=C(F)C(=O)N1CC2(CCN(C(=O)OC(C)(C)C)C2)C1. The van der Waals surface area contributed by atoms with Gasteiger partial charge in [-0.3, -0.25) is 4.79 Å². The van der Waals surface area contributed by atoms with Crippen LogP contribution >= 0.6 is 0 Å². The average Bonchev–Trinajstić information content (AvgIpc) is 2.68. The Balaban J connectivity index is 1.87. The van der Waals surface area contributed by atoms with E-state index in [-0.39, 0.29) is 11.5 Å². The zero-order valence-electron chi connectivity index (χ0n) is 12.2. The van der Waals surface area contributed by atoms with Gasteiger partial charge in [-0.05, 0) is 27.2 Å². The van der Waals surface area contributed by atoms with Crippen LogP contribution in [0.4, 0.5) is 9.18 Å². The van der Waals surface area contributed by atoms with E-state index in [0.717, 1.165) is 6.42 Å². The van der Waals surface area contributed by atoms with Crippen molar-refractivity contribution in [3.63, 3.8) is 0 Å². The Labute approximate surface area is 118 Å². The van der Waals surface area contributed by atoms with Gasteiger partial charge in [-0.2, -0.15) is 0 Å². The van der Waals surface area contributed by atoms with Gasteiger partial charge >= 0.3 is 6.09 Å². The van der Waals surface area contributed by atoms with Gasteiger partial charge in [0.25, 0.3) is 5.91 Å². The first kappa shape index (κ1) is 14.8. The molecule has 2 fully saturated rings. The zero-order chi connectivity index (χ0) is 15.1. The third kappa shape index (κ3) is 2.94. The molecule has 1 spiro atoms. The first-order valence-corrected chi connectivity index (χ1v) is 6.74. The number of amides is 2. The van der Waals surface area contributed by atoms with Crippen LogP contribution in [0.2, 0.25) is 0 Å². The number of nitrogens with zero attached hydrogens (tertiary/aromatic N) is 2. The monoisotopic (exact) mass is 284 g/mol. The number of hydrogen-bond donors (Lipinski definition) is 0. The molecule has 0 radical (unpaired) electrons. The molecule has 0 bridgehead atoms. The van der Waals surface area contributed by atoms with Crippen LogP contribution in [0.25, 0.3) is 0 Å². The molecule has 20 heavy (non-hydrogen) atoms. The molecule has 2 heterocycles. The fourth-order valence-corrected chi connectivity index (χ4v) is 2.75. The van der Waals surface area contributed by atoms with Gasteiger partial charge < -0.3 is 14.5 Å². The van der Waals surface area contributed by atoms with Crippen LogP contribution in [0.15, 0.2) is 12.4 Å². The van der Waals surface area contributed by atoms with Crippen LogP contribution in [0, 0.1) is 5.41 Å². The summed E-state index contributed by atoms with van der Waals surface area (Å²) in [5.74, 6) is -1.58. The van der Waals surface area contributed by atoms with Gasteiger partial charge in [-0.1, -0.05) is 6.58 Å². The van der Waals surface area contributed by atoms with E-state index >= 15 is 0 Å². The van der Waals surface area contributed by atoms with Gasteiger partial charge in [0, 0.05) is 31.6 Å². The van der Waals surface area contributed by atoms with Crippen LogP contribution in [0.5, 0.6) is 0 Å². The van der Waals surface area contributed by atoms with Gasteiger partial charge in [-0.25, -0.2) is 9.18 Å². The number of carbonyl (C=O) groups is 2. The van der Waals surface area contributed by atoms with Gasteiger partial charge in [0.2, 0.25) is 0 Å². The number of halogens is 1. The predicted molar refractivity (Wildman–Crippen MR) is 71.7 cm³/mol. The summed E-state index contributed by atoms with van der Waals surface area (Å²) < 4.78 is 18.1. The van der Waals surface area contributed by atoms with Crippen LogP contribution in [0.1, 0.15) is 27.2 Å². The van der Waals surface area contributed by atoms with Crippen molar-refractivity contribution in [2.24, 2.45) is 5.41 Å². The van der Waals surface area contributed by atoms with Crippen molar-refractivity contribution in [1.29, 1.82) is 0 Å². The summed E-state index contributed by atoms with van der Waals surface area (Å²) in [5.41, 5.74) is -0.609. The third-order valence-corrected chi connectivity index (χ3v) is 3.66. The van der Waals surface area contributed by atoms with E-state index < -0.39 is 17.3 Å². The summed E-state index contributed by atoms with van der Waals surface area (Å²) in [6.07, 6.45) is 0.489. The zero-order valence-corrected chi connectivity index (χ0v) is 12.2. The van der Waals surface area contributed by atoms with Crippen molar-refractivity contribution in [2.75, 3.05) is 26.2 Å². The Hall–Kier alpha value is -1.59. The van der Waals surface area contributed by atoms with E-state index in [9.17, 15) is 14.0 Å². The molecule has 2 rings (SSSR count). The van der Waals surface area contributed by atoms with Crippen LogP contribution < -0.4 is 0 Å². The molecule has 2 amide bonds. The highest BCUT2D eigenvalue weighted by Gasteiger charge is 2.51. The molecule has 2 aliphatic rings. The Kier molecular flexibility index (Phi) is 3.52. The largest absolute Gasteiger partial charge is 0.444 e. The third-order valence-electron chi connectivity index (χ3n) is 3.66. The summed E-state index contributed by atoms with van der Waals surface area (Å²) in [6.45, 7) is 10.6. The lowest BCUT2D eigenvalue weighted by Crippen LogP contribution is -2.59. The van der Waals surface area contributed by atoms with Crippen LogP contribution in [-0.4, -0.2) is 53.6 Å². The van der Waals surface area contributed by atoms with E-state index in [1.807, 2.05) is 20.8 Å². The Morgan fingerprint density at radius 1 is 1.20 bits per heavy atom. The molecular formula is C14H21FN2O3. The number of rotatable bonds is 1. The molecule has 2 aliphatic heterocycles. The smallest absolute Gasteiger partial charge is 0.410 e. The molecular weight excluding hydrogens is 263 g/mol. The number of ether oxygens (including phenoxy) is 1. The van der Waals surface area contributed by atoms with Crippen molar-refractivity contribution in [3.8, 4) is 0 Å². The second kappa shape index (κ2) is 4.75. The molecule has 6 heteroatoms. The highest BCUT2D eigenvalue weighted by Crippen LogP contribution is 2.40. The van der Waals surface area contributed by atoms with Crippen molar-refractivity contribution < 1.29 is 18.7 Å². The fourth-order valence-electron chi connectivity index (χ4n) is 2.75. The van der Waals surface area contributed by atoms with E-state index in [1.54, 1.807) is 4.90 Å². The van der Waals surface area contributed by atoms with E-state index in [0.29, 0.717) is 26.2 Å². The minimum absolute atomic E-state index is 0.0952. The summed E-state index contributed by atoms with van der Waals surface area (Å²) in [6, 6.07) is 0. The maximum atomic E-state index is 12.8.